The third-order valence-electron chi connectivity index (χ3n) is 8.67. The summed E-state index contributed by atoms with van der Waals surface area (Å²) < 4.78 is 65.0. The van der Waals surface area contributed by atoms with E-state index in [9.17, 15) is 24.2 Å². The van der Waals surface area contributed by atoms with Crippen molar-refractivity contribution in [3.05, 3.63) is 60.4 Å². The molecule has 2 aromatic heterocycles. The Morgan fingerprint density at radius 3 is 2.28 bits per heavy atom. The second kappa shape index (κ2) is 22.1. The number of hydrogen-bond donors (Lipinski definition) is 1. The molecule has 3 heterocycles. The number of ether oxygens (including phenoxy) is 4. The first-order valence-corrected chi connectivity index (χ1v) is 22.0. The molecule has 21 heteroatoms. The number of fused-ring (bicyclic) bond motifs is 1. The monoisotopic (exact) mass is 875 g/mol. The van der Waals surface area contributed by atoms with Crippen LogP contribution in [0.25, 0.3) is 11.2 Å². The summed E-state index contributed by atoms with van der Waals surface area (Å²) in [5, 5.41) is 12.1. The van der Waals surface area contributed by atoms with E-state index >= 15 is 0 Å². The number of esters is 2. The summed E-state index contributed by atoms with van der Waals surface area (Å²) in [6.07, 6.45) is 0.253. The van der Waals surface area contributed by atoms with E-state index in [-0.39, 0.29) is 42.1 Å². The van der Waals surface area contributed by atoms with E-state index in [1.165, 1.54) is 25.8 Å². The molecule has 0 spiro atoms. The quantitative estimate of drug-likeness (QED) is 0.0487. The molecule has 328 valence electrons. The number of imidazole rings is 1. The maximum absolute atomic E-state index is 14.2. The van der Waals surface area contributed by atoms with Crippen molar-refractivity contribution in [1.82, 2.24) is 24.2 Å². The summed E-state index contributed by atoms with van der Waals surface area (Å²) in [5.41, 5.74) is 0.0785. The average Bonchev–Trinajstić information content (AvgIpc) is 3.78. The summed E-state index contributed by atoms with van der Waals surface area (Å²) in [5.74, 6) is -0.862. The minimum atomic E-state index is -4.36. The Kier molecular flexibility index (Phi) is 17.8. The first kappa shape index (κ1) is 48.5. The van der Waals surface area contributed by atoms with Gasteiger partial charge in [-0.15, -0.1) is 0 Å². The van der Waals surface area contributed by atoms with Gasteiger partial charge in [0.05, 0.1) is 36.8 Å². The van der Waals surface area contributed by atoms with E-state index in [2.05, 4.69) is 26.3 Å². The van der Waals surface area contributed by atoms with Crippen molar-refractivity contribution in [2.75, 3.05) is 32.6 Å². The Labute approximate surface area is 351 Å². The van der Waals surface area contributed by atoms with E-state index in [1.54, 1.807) is 69.5 Å². The van der Waals surface area contributed by atoms with Crippen LogP contribution in [0.1, 0.15) is 85.3 Å². The molecule has 0 radical (unpaired) electrons. The molecular weight excluding hydrogens is 820 g/mol. The number of hydrogen-bond acceptors (Lipinski definition) is 17. The highest BCUT2D eigenvalue weighted by Gasteiger charge is 2.49. The van der Waals surface area contributed by atoms with Gasteiger partial charge in [0.1, 0.15) is 24.6 Å². The van der Waals surface area contributed by atoms with Crippen molar-refractivity contribution in [2.24, 2.45) is 11.3 Å². The summed E-state index contributed by atoms with van der Waals surface area (Å²) in [6, 6.07) is 10.6. The van der Waals surface area contributed by atoms with E-state index < -0.39 is 83.4 Å². The van der Waals surface area contributed by atoms with Crippen molar-refractivity contribution in [1.29, 1.82) is 5.26 Å². The van der Waals surface area contributed by atoms with Crippen LogP contribution in [-0.2, 0) is 51.2 Å². The number of benzene rings is 1. The fourth-order valence-corrected chi connectivity index (χ4v) is 8.50. The molecule has 1 saturated heterocycles. The molecule has 60 heavy (non-hydrogen) atoms. The molecule has 1 amide bonds. The van der Waals surface area contributed by atoms with Crippen LogP contribution < -0.4 is 5.32 Å². The van der Waals surface area contributed by atoms with Crippen LogP contribution in [-0.4, -0.2) is 99.7 Å². The van der Waals surface area contributed by atoms with Gasteiger partial charge in [-0.3, -0.25) is 32.6 Å². The predicted octanol–water partition coefficient (Wildman–Crippen LogP) is 7.10. The number of nitriles is 1. The standard InChI is InChI=1S/C39H55N7O12P2/c1-25(2)37(48)52-23-55-60(50,56-24-53-38(49)39(7,8)9)20-17-29-31(58-59(54-19-14-18-40)46(26(3)4)27(5)6)32(51-10)36(57-29)45-22-43-30-33(41-21-42-34(30)45)44-35(47)28-15-12-11-13-16-28/h11-13,15-17,20-22,25-27,29,31-32,36H,14,19,23-24H2,1-10H3,(H,41,42,44,47)/b20-17+/t29-,31-,32-,36-,59?,60?/m1/s1. The average molecular weight is 876 g/mol. The number of aromatic nitrogens is 4. The van der Waals surface area contributed by atoms with E-state index in [4.69, 9.17) is 37.0 Å². The molecule has 0 bridgehead atoms. The summed E-state index contributed by atoms with van der Waals surface area (Å²) in [4.78, 5) is 51.0. The van der Waals surface area contributed by atoms with Crippen LogP contribution in [0, 0.1) is 22.7 Å². The van der Waals surface area contributed by atoms with Gasteiger partial charge in [0.25, 0.3) is 14.4 Å². The minimum absolute atomic E-state index is 0.0588. The van der Waals surface area contributed by atoms with Crippen LogP contribution in [0.2, 0.25) is 0 Å². The maximum atomic E-state index is 14.2. The number of nitrogens with one attached hydrogen (secondary N) is 1. The largest absolute Gasteiger partial charge is 0.438 e. The minimum Gasteiger partial charge on any atom is -0.438 e. The number of amides is 1. The fraction of sp³-hybridized carbons (Fsp3) is 0.564. The van der Waals surface area contributed by atoms with E-state index in [0.717, 1.165) is 5.82 Å². The van der Waals surface area contributed by atoms with Gasteiger partial charge in [0, 0.05) is 30.6 Å². The van der Waals surface area contributed by atoms with E-state index in [1.807, 2.05) is 32.4 Å². The molecular formula is C39H55N7O12P2. The molecule has 0 aliphatic carbocycles. The van der Waals surface area contributed by atoms with Crippen LogP contribution in [0.5, 0.6) is 0 Å². The third kappa shape index (κ3) is 12.9. The highest BCUT2D eigenvalue weighted by atomic mass is 31.2. The molecule has 2 unspecified atom stereocenters. The maximum Gasteiger partial charge on any atom is 0.359 e. The molecule has 1 aromatic carbocycles. The van der Waals surface area contributed by atoms with Gasteiger partial charge in [-0.05, 0) is 66.7 Å². The number of carbonyl (C=O) groups excluding carboxylic acids is 3. The predicted molar refractivity (Wildman–Crippen MR) is 220 cm³/mol. The molecule has 1 aliphatic heterocycles. The van der Waals surface area contributed by atoms with Gasteiger partial charge in [-0.2, -0.15) is 5.26 Å². The highest BCUT2D eigenvalue weighted by Crippen LogP contribution is 2.53. The Morgan fingerprint density at radius 2 is 1.68 bits per heavy atom. The molecule has 6 atom stereocenters. The van der Waals surface area contributed by atoms with Gasteiger partial charge in [-0.1, -0.05) is 32.0 Å². The first-order valence-electron chi connectivity index (χ1n) is 19.3. The second-order valence-electron chi connectivity index (χ2n) is 15.3. The van der Waals surface area contributed by atoms with Gasteiger partial charge >= 0.3 is 19.5 Å². The zero-order valence-corrected chi connectivity index (χ0v) is 37.3. The number of methoxy groups -OCH3 is 1. The normalized spacial score (nSPS) is 19.9. The van der Waals surface area contributed by atoms with Crippen molar-refractivity contribution in [3.63, 3.8) is 0 Å². The van der Waals surface area contributed by atoms with Gasteiger partial charge < -0.3 is 33.3 Å². The van der Waals surface area contributed by atoms with Crippen LogP contribution in [0.4, 0.5) is 5.82 Å². The molecule has 19 nitrogen and oxygen atoms in total. The SMILES string of the molecule is CO[C@@H]1[C@H](OP(OCCC#N)N(C(C)C)C(C)C)[C@@H](/C=C/P(=O)(OCOC(=O)C(C)C)OCOC(=O)C(C)(C)C)O[C@H]1n1cnc2c(NC(=O)c3ccccc3)ncnc21. The Bertz CT molecular complexity index is 2010. The number of rotatable bonds is 21. The Balaban J connectivity index is 1.76. The lowest BCUT2D eigenvalue weighted by Crippen LogP contribution is -2.39. The fourth-order valence-electron chi connectivity index (χ4n) is 5.72. The highest BCUT2D eigenvalue weighted by molar-refractivity contribution is 7.57. The molecule has 1 aliphatic rings. The number of anilines is 1. The lowest BCUT2D eigenvalue weighted by molar-refractivity contribution is -0.160. The summed E-state index contributed by atoms with van der Waals surface area (Å²) in [6.45, 7) is 14.7. The van der Waals surface area contributed by atoms with Crippen molar-refractivity contribution >= 4 is 50.9 Å². The molecule has 1 fully saturated rings. The van der Waals surface area contributed by atoms with Gasteiger partial charge in [0.2, 0.25) is 13.6 Å². The molecule has 0 saturated carbocycles. The van der Waals surface area contributed by atoms with Gasteiger partial charge in [0.15, 0.2) is 23.2 Å². The molecule has 4 rings (SSSR count). The van der Waals surface area contributed by atoms with Crippen LogP contribution >= 0.6 is 16.1 Å². The Morgan fingerprint density at radius 1 is 1.02 bits per heavy atom. The first-order chi connectivity index (χ1) is 28.4. The lowest BCUT2D eigenvalue weighted by Gasteiger charge is -2.38. The zero-order valence-electron chi connectivity index (χ0n) is 35.5. The topological polar surface area (TPSA) is 225 Å². The number of nitrogens with zero attached hydrogens (tertiary/aromatic N) is 6. The van der Waals surface area contributed by atoms with E-state index in [0.29, 0.717) is 5.56 Å². The van der Waals surface area contributed by atoms with Crippen LogP contribution in [0.15, 0.2) is 54.9 Å². The second-order valence-corrected chi connectivity index (χ2v) is 18.7. The van der Waals surface area contributed by atoms with Gasteiger partial charge in [-0.25, -0.2) is 19.6 Å². The number of carbonyl (C=O) groups is 3. The Hall–Kier alpha value is -4.21. The molecule has 3 aromatic rings. The van der Waals surface area contributed by atoms with Crippen molar-refractivity contribution < 1.29 is 56.0 Å². The van der Waals surface area contributed by atoms with Crippen molar-refractivity contribution in [3.8, 4) is 6.07 Å². The lowest BCUT2D eigenvalue weighted by atomic mass is 9.98. The summed E-state index contributed by atoms with van der Waals surface area (Å²) in [7, 11) is -4.77. The zero-order chi connectivity index (χ0) is 44.2. The van der Waals surface area contributed by atoms with Crippen molar-refractivity contribution in [2.45, 2.75) is 105 Å². The van der Waals surface area contributed by atoms with Crippen LogP contribution in [0.3, 0.4) is 0 Å². The molecule has 1 N–H and O–H groups in total. The smallest absolute Gasteiger partial charge is 0.359 e. The third-order valence-corrected chi connectivity index (χ3v) is 12.3. The summed E-state index contributed by atoms with van der Waals surface area (Å²) >= 11 is 0.